The highest BCUT2D eigenvalue weighted by atomic mass is 14.9. The highest BCUT2D eigenvalue weighted by Gasteiger charge is 2.19. The van der Waals surface area contributed by atoms with Gasteiger partial charge in [-0.1, -0.05) is 54.6 Å². The molecule has 0 amide bonds. The van der Waals surface area contributed by atoms with Crippen molar-refractivity contribution in [1.82, 2.24) is 10.3 Å². The standard InChI is InChI=1S/C19H20N2/c1-2-7-16(8-3-1)9-4-10-17-11-6-14-21-19(17)18-12-5-13-20-15-18/h1-5,7-10,12-13,15,19,21H,6,11,14H2. The Morgan fingerprint density at radius 1 is 1.10 bits per heavy atom. The van der Waals surface area contributed by atoms with Gasteiger partial charge in [-0.25, -0.2) is 0 Å². The third-order valence-corrected chi connectivity index (χ3v) is 3.78. The maximum Gasteiger partial charge on any atom is 0.0554 e. The average molecular weight is 276 g/mol. The molecule has 1 aliphatic rings. The molecule has 1 unspecified atom stereocenters. The number of nitrogens with zero attached hydrogens (tertiary/aromatic N) is 1. The van der Waals surface area contributed by atoms with Crippen molar-refractivity contribution in [3.8, 4) is 0 Å². The fourth-order valence-corrected chi connectivity index (χ4v) is 2.72. The van der Waals surface area contributed by atoms with Gasteiger partial charge in [0.2, 0.25) is 0 Å². The topological polar surface area (TPSA) is 24.9 Å². The molecule has 1 aromatic carbocycles. The largest absolute Gasteiger partial charge is 0.306 e. The second-order valence-corrected chi connectivity index (χ2v) is 5.29. The summed E-state index contributed by atoms with van der Waals surface area (Å²) in [4.78, 5) is 4.24. The van der Waals surface area contributed by atoms with Crippen LogP contribution in [0.4, 0.5) is 0 Å². The van der Waals surface area contributed by atoms with Crippen LogP contribution in [-0.2, 0) is 0 Å². The number of aromatic nitrogens is 1. The molecular weight excluding hydrogens is 256 g/mol. The predicted molar refractivity (Wildman–Crippen MR) is 87.8 cm³/mol. The Morgan fingerprint density at radius 3 is 2.81 bits per heavy atom. The van der Waals surface area contributed by atoms with Gasteiger partial charge in [-0.15, -0.1) is 0 Å². The minimum atomic E-state index is 0.299. The molecule has 0 bridgehead atoms. The first kappa shape index (κ1) is 13.8. The summed E-state index contributed by atoms with van der Waals surface area (Å²) in [6.07, 6.45) is 12.7. The zero-order valence-electron chi connectivity index (χ0n) is 12.1. The Morgan fingerprint density at radius 2 is 2.00 bits per heavy atom. The van der Waals surface area contributed by atoms with Gasteiger partial charge in [0, 0.05) is 12.4 Å². The zero-order chi connectivity index (χ0) is 14.3. The average Bonchev–Trinajstić information content (AvgIpc) is 2.57. The molecule has 1 aliphatic heterocycles. The van der Waals surface area contributed by atoms with Crippen LogP contribution >= 0.6 is 0 Å². The molecule has 2 aromatic rings. The van der Waals surface area contributed by atoms with Crippen LogP contribution in [0.25, 0.3) is 6.08 Å². The van der Waals surface area contributed by atoms with E-state index >= 15 is 0 Å². The molecule has 21 heavy (non-hydrogen) atoms. The van der Waals surface area contributed by atoms with E-state index in [0.29, 0.717) is 6.04 Å². The maximum atomic E-state index is 4.24. The van der Waals surface area contributed by atoms with Crippen molar-refractivity contribution < 1.29 is 0 Å². The molecule has 1 saturated heterocycles. The van der Waals surface area contributed by atoms with Gasteiger partial charge in [0.1, 0.15) is 0 Å². The quantitative estimate of drug-likeness (QED) is 0.911. The lowest BCUT2D eigenvalue weighted by Gasteiger charge is -2.27. The summed E-state index contributed by atoms with van der Waals surface area (Å²) < 4.78 is 0. The molecule has 3 rings (SSSR count). The molecule has 1 aromatic heterocycles. The Kier molecular flexibility index (Phi) is 4.59. The van der Waals surface area contributed by atoms with E-state index in [2.05, 4.69) is 58.9 Å². The monoisotopic (exact) mass is 276 g/mol. The van der Waals surface area contributed by atoms with Crippen LogP contribution < -0.4 is 5.32 Å². The summed E-state index contributed by atoms with van der Waals surface area (Å²) >= 11 is 0. The minimum Gasteiger partial charge on any atom is -0.306 e. The lowest BCUT2D eigenvalue weighted by Crippen LogP contribution is -2.28. The molecule has 2 heterocycles. The van der Waals surface area contributed by atoms with Crippen LogP contribution in [0.3, 0.4) is 0 Å². The summed E-state index contributed by atoms with van der Waals surface area (Å²) in [5, 5.41) is 3.59. The van der Waals surface area contributed by atoms with Crippen LogP contribution in [0.15, 0.2) is 72.6 Å². The fraction of sp³-hybridized carbons (Fsp3) is 0.211. The third-order valence-electron chi connectivity index (χ3n) is 3.78. The number of allylic oxidation sites excluding steroid dienone is 2. The Hall–Kier alpha value is -2.19. The third kappa shape index (κ3) is 3.67. The number of piperidine rings is 1. The Labute approximate surface area is 126 Å². The molecular formula is C19H20N2. The number of rotatable bonds is 3. The molecule has 0 spiro atoms. The van der Waals surface area contributed by atoms with E-state index < -0.39 is 0 Å². The van der Waals surface area contributed by atoms with Crippen LogP contribution in [0.5, 0.6) is 0 Å². The van der Waals surface area contributed by atoms with Crippen molar-refractivity contribution in [2.24, 2.45) is 0 Å². The summed E-state index contributed by atoms with van der Waals surface area (Å²) in [6.45, 7) is 1.07. The second kappa shape index (κ2) is 7.00. The first-order valence-electron chi connectivity index (χ1n) is 7.49. The normalized spacial score (nSPS) is 21.0. The molecule has 0 saturated carbocycles. The van der Waals surface area contributed by atoms with Gasteiger partial charge in [0.15, 0.2) is 0 Å². The molecule has 2 heteroatoms. The van der Waals surface area contributed by atoms with Gasteiger partial charge in [-0.3, -0.25) is 4.98 Å². The molecule has 1 atom stereocenters. The number of hydrogen-bond donors (Lipinski definition) is 1. The zero-order valence-corrected chi connectivity index (χ0v) is 12.1. The van der Waals surface area contributed by atoms with E-state index in [9.17, 15) is 0 Å². The maximum absolute atomic E-state index is 4.24. The molecule has 1 fully saturated rings. The van der Waals surface area contributed by atoms with Gasteiger partial charge >= 0.3 is 0 Å². The first-order valence-corrected chi connectivity index (χ1v) is 7.49. The summed E-state index contributed by atoms with van der Waals surface area (Å²) in [7, 11) is 0. The minimum absolute atomic E-state index is 0.299. The van der Waals surface area contributed by atoms with E-state index in [0.717, 1.165) is 13.0 Å². The van der Waals surface area contributed by atoms with Crippen LogP contribution in [0.2, 0.25) is 0 Å². The molecule has 1 N–H and O–H groups in total. The number of nitrogens with one attached hydrogen (secondary N) is 1. The SMILES string of the molecule is C(=Cc1ccccc1)C=C1CCCNC1c1cccnc1. The van der Waals surface area contributed by atoms with Crippen molar-refractivity contribution in [1.29, 1.82) is 0 Å². The highest BCUT2D eigenvalue weighted by Crippen LogP contribution is 2.28. The molecule has 2 nitrogen and oxygen atoms in total. The van der Waals surface area contributed by atoms with Crippen molar-refractivity contribution in [2.75, 3.05) is 6.54 Å². The Balaban J connectivity index is 1.78. The summed E-state index contributed by atoms with van der Waals surface area (Å²) in [5.41, 5.74) is 3.91. The smallest absolute Gasteiger partial charge is 0.0554 e. The number of hydrogen-bond acceptors (Lipinski definition) is 2. The van der Waals surface area contributed by atoms with Gasteiger partial charge in [0.05, 0.1) is 6.04 Å². The van der Waals surface area contributed by atoms with Crippen LogP contribution in [-0.4, -0.2) is 11.5 Å². The van der Waals surface area contributed by atoms with E-state index in [1.807, 2.05) is 24.5 Å². The van der Waals surface area contributed by atoms with Crippen molar-refractivity contribution in [3.05, 3.63) is 83.7 Å². The van der Waals surface area contributed by atoms with Crippen molar-refractivity contribution >= 4 is 6.08 Å². The van der Waals surface area contributed by atoms with Gasteiger partial charge in [-0.05, 0) is 42.2 Å². The van der Waals surface area contributed by atoms with Gasteiger partial charge in [-0.2, -0.15) is 0 Å². The van der Waals surface area contributed by atoms with E-state index in [-0.39, 0.29) is 0 Å². The van der Waals surface area contributed by atoms with Crippen LogP contribution in [0.1, 0.15) is 30.0 Å². The van der Waals surface area contributed by atoms with Crippen molar-refractivity contribution in [3.63, 3.8) is 0 Å². The lowest BCUT2D eigenvalue weighted by atomic mass is 9.92. The Bertz CT molecular complexity index is 615. The van der Waals surface area contributed by atoms with Crippen LogP contribution in [0, 0.1) is 0 Å². The summed E-state index contributed by atoms with van der Waals surface area (Å²) in [6, 6.07) is 14.8. The number of benzene rings is 1. The van der Waals surface area contributed by atoms with Gasteiger partial charge < -0.3 is 5.32 Å². The van der Waals surface area contributed by atoms with E-state index in [1.54, 1.807) is 0 Å². The molecule has 106 valence electrons. The number of pyridine rings is 1. The first-order chi connectivity index (χ1) is 10.4. The van der Waals surface area contributed by atoms with Crippen molar-refractivity contribution in [2.45, 2.75) is 18.9 Å². The second-order valence-electron chi connectivity index (χ2n) is 5.29. The molecule has 0 aliphatic carbocycles. The molecule has 0 radical (unpaired) electrons. The lowest BCUT2D eigenvalue weighted by molar-refractivity contribution is 0.504. The predicted octanol–water partition coefficient (Wildman–Crippen LogP) is 4.15. The highest BCUT2D eigenvalue weighted by molar-refractivity contribution is 5.51. The fourth-order valence-electron chi connectivity index (χ4n) is 2.72. The van der Waals surface area contributed by atoms with E-state index in [4.69, 9.17) is 0 Å². The van der Waals surface area contributed by atoms with Gasteiger partial charge in [0.25, 0.3) is 0 Å². The summed E-state index contributed by atoms with van der Waals surface area (Å²) in [5.74, 6) is 0. The van der Waals surface area contributed by atoms with E-state index in [1.165, 1.54) is 23.1 Å².